The van der Waals surface area contributed by atoms with Gasteiger partial charge in [0.05, 0.1) is 6.04 Å². The molecule has 0 N–H and O–H groups in total. The third-order valence-corrected chi connectivity index (χ3v) is 3.92. The lowest BCUT2D eigenvalue weighted by Crippen LogP contribution is -2.43. The highest BCUT2D eigenvalue weighted by molar-refractivity contribution is 6.02. The predicted molar refractivity (Wildman–Crippen MR) is 91.8 cm³/mol. The number of carbonyl (C=O) groups excluding carboxylic acids is 3. The molecule has 0 fully saturated rings. The van der Waals surface area contributed by atoms with Crippen molar-refractivity contribution in [1.82, 2.24) is 4.90 Å². The summed E-state index contributed by atoms with van der Waals surface area (Å²) in [5.74, 6) is -0.644. The van der Waals surface area contributed by atoms with Crippen molar-refractivity contribution in [1.29, 1.82) is 0 Å². The van der Waals surface area contributed by atoms with Gasteiger partial charge in [0.15, 0.2) is 5.78 Å². The van der Waals surface area contributed by atoms with Crippen LogP contribution < -0.4 is 0 Å². The second kappa shape index (κ2) is 7.63. The van der Waals surface area contributed by atoms with Gasteiger partial charge in [-0.25, -0.2) is 4.79 Å². The van der Waals surface area contributed by atoms with Crippen molar-refractivity contribution >= 4 is 29.0 Å². The minimum Gasteiger partial charge on any atom is -0.456 e. The molecule has 1 aromatic carbocycles. The fraction of sp³-hybridized carbons (Fsp3) is 0.500. The van der Waals surface area contributed by atoms with Gasteiger partial charge in [-0.2, -0.15) is 0 Å². The topological polar surface area (TPSA) is 99.2 Å². The van der Waals surface area contributed by atoms with Crippen molar-refractivity contribution in [3.63, 3.8) is 0 Å². The van der Waals surface area contributed by atoms with E-state index in [-0.39, 0.29) is 24.8 Å². The van der Waals surface area contributed by atoms with E-state index in [0.717, 1.165) is 0 Å². The second-order valence-corrected chi connectivity index (χ2v) is 6.62. The molecule has 1 heterocycles. The van der Waals surface area contributed by atoms with E-state index < -0.39 is 17.7 Å². The summed E-state index contributed by atoms with van der Waals surface area (Å²) in [6, 6.07) is 4.04. The number of rotatable bonds is 7. The molecule has 2 rings (SSSR count). The Morgan fingerprint density at radius 2 is 1.85 bits per heavy atom. The van der Waals surface area contributed by atoms with Crippen LogP contribution in [0.25, 0.3) is 11.2 Å². The fourth-order valence-electron chi connectivity index (χ4n) is 2.17. The predicted octanol–water partition coefficient (Wildman–Crippen LogP) is 3.40. The molecule has 1 amide bonds. The summed E-state index contributed by atoms with van der Waals surface area (Å²) < 4.78 is 19.9. The molecule has 0 saturated heterocycles. The van der Waals surface area contributed by atoms with Gasteiger partial charge in [0.25, 0.3) is 0 Å². The van der Waals surface area contributed by atoms with Crippen LogP contribution in [0.4, 0.5) is 4.79 Å². The number of likely N-dealkylation sites (N-methyl/N-ethyl adjacent to an activating group) is 1. The Bertz CT molecular complexity index is 801. The number of nitrogens with zero attached hydrogens (tertiary/aromatic N) is 1. The molecule has 1 atom stereocenters. The lowest BCUT2D eigenvalue weighted by Gasteiger charge is -2.28. The largest absolute Gasteiger partial charge is 0.456 e. The molecule has 1 unspecified atom stereocenters. The number of Topliss-reactive ketones (excluding diaryl/α,β-unsaturated/α-hetero) is 1. The molecule has 26 heavy (non-hydrogen) atoms. The molecule has 2 aromatic rings. The van der Waals surface area contributed by atoms with Gasteiger partial charge in [0.2, 0.25) is 11.2 Å². The Hall–Kier alpha value is -2.77. The SMILES string of the molecule is CCC(=O)OC(C)(C)COC(=O)N(C)C(C)C(=O)c1ccc2ooc2c1. The first kappa shape index (κ1) is 19.6. The number of carbonyl (C=O) groups is 3. The van der Waals surface area contributed by atoms with E-state index in [1.807, 2.05) is 0 Å². The maximum Gasteiger partial charge on any atom is 0.410 e. The van der Waals surface area contributed by atoms with Crippen LogP contribution in [0.3, 0.4) is 0 Å². The van der Waals surface area contributed by atoms with Gasteiger partial charge >= 0.3 is 12.1 Å². The maximum absolute atomic E-state index is 12.5. The minimum atomic E-state index is -0.948. The Kier molecular flexibility index (Phi) is 5.74. The second-order valence-electron chi connectivity index (χ2n) is 6.62. The number of ketones is 1. The number of hydrogen-bond donors (Lipinski definition) is 0. The molecule has 0 aliphatic rings. The zero-order valence-corrected chi connectivity index (χ0v) is 15.5. The summed E-state index contributed by atoms with van der Waals surface area (Å²) in [5.41, 5.74) is 0.491. The summed E-state index contributed by atoms with van der Waals surface area (Å²) in [6.45, 7) is 6.45. The highest BCUT2D eigenvalue weighted by atomic mass is 17.0. The average Bonchev–Trinajstić information content (AvgIpc) is 2.58. The van der Waals surface area contributed by atoms with Gasteiger partial charge in [0, 0.05) is 25.1 Å². The smallest absolute Gasteiger partial charge is 0.410 e. The molecule has 1 aromatic heterocycles. The Labute approximate surface area is 150 Å². The van der Waals surface area contributed by atoms with Crippen molar-refractivity contribution in [2.75, 3.05) is 13.7 Å². The van der Waals surface area contributed by atoms with Crippen LogP contribution in [-0.2, 0) is 14.3 Å². The van der Waals surface area contributed by atoms with Crippen molar-refractivity contribution in [3.8, 4) is 0 Å². The number of amides is 1. The van der Waals surface area contributed by atoms with Crippen molar-refractivity contribution in [3.05, 3.63) is 23.8 Å². The zero-order valence-electron chi connectivity index (χ0n) is 15.5. The molecule has 0 aliphatic carbocycles. The van der Waals surface area contributed by atoms with Crippen molar-refractivity contribution in [2.24, 2.45) is 0 Å². The molecule has 142 valence electrons. The molecule has 0 saturated carbocycles. The van der Waals surface area contributed by atoms with E-state index in [2.05, 4.69) is 0 Å². The summed E-state index contributed by atoms with van der Waals surface area (Å²) in [4.78, 5) is 37.3. The quantitative estimate of drug-likeness (QED) is 0.421. The Morgan fingerprint density at radius 3 is 2.38 bits per heavy atom. The highest BCUT2D eigenvalue weighted by Gasteiger charge is 2.29. The van der Waals surface area contributed by atoms with Crippen molar-refractivity contribution < 1.29 is 33.0 Å². The summed E-state index contributed by atoms with van der Waals surface area (Å²) in [5, 5.41) is 0. The first-order chi connectivity index (χ1) is 12.1. The third kappa shape index (κ3) is 4.44. The first-order valence-corrected chi connectivity index (χ1v) is 8.29. The van der Waals surface area contributed by atoms with Crippen LogP contribution in [0, 0.1) is 0 Å². The monoisotopic (exact) mass is 365 g/mol. The maximum atomic E-state index is 12.5. The average molecular weight is 365 g/mol. The van der Waals surface area contributed by atoms with Crippen LogP contribution >= 0.6 is 0 Å². The lowest BCUT2D eigenvalue weighted by atomic mass is 10.0. The Morgan fingerprint density at radius 1 is 1.19 bits per heavy atom. The number of ether oxygens (including phenoxy) is 2. The Balaban J connectivity index is 1.94. The number of esters is 1. The third-order valence-electron chi connectivity index (χ3n) is 3.92. The molecule has 0 radical (unpaired) electrons. The summed E-state index contributed by atoms with van der Waals surface area (Å²) >= 11 is 0. The molecular formula is C18H23NO7. The van der Waals surface area contributed by atoms with Crippen LogP contribution in [0.2, 0.25) is 0 Å². The number of hydrogen-bond acceptors (Lipinski definition) is 7. The van der Waals surface area contributed by atoms with Gasteiger partial charge in [-0.3, -0.25) is 18.7 Å². The zero-order chi connectivity index (χ0) is 19.5. The van der Waals surface area contributed by atoms with Crippen LogP contribution in [0.15, 0.2) is 27.4 Å². The van der Waals surface area contributed by atoms with Gasteiger partial charge in [0.1, 0.15) is 12.2 Å². The normalized spacial score (nSPS) is 12.7. The van der Waals surface area contributed by atoms with Crippen LogP contribution in [0.1, 0.15) is 44.5 Å². The summed E-state index contributed by atoms with van der Waals surface area (Å²) in [7, 11) is 1.47. The number of fused-ring (bicyclic) bond motifs is 1. The van der Waals surface area contributed by atoms with E-state index in [1.165, 1.54) is 11.9 Å². The molecule has 8 heteroatoms. The lowest BCUT2D eigenvalue weighted by molar-refractivity contribution is -0.159. The van der Waals surface area contributed by atoms with Gasteiger partial charge in [-0.15, -0.1) is 0 Å². The fourth-order valence-corrected chi connectivity index (χ4v) is 2.17. The molecule has 0 spiro atoms. The van der Waals surface area contributed by atoms with Crippen LogP contribution in [0.5, 0.6) is 0 Å². The van der Waals surface area contributed by atoms with Gasteiger partial charge < -0.3 is 14.4 Å². The van der Waals surface area contributed by atoms with E-state index in [1.54, 1.807) is 45.9 Å². The van der Waals surface area contributed by atoms with Gasteiger partial charge in [-0.05, 0) is 32.9 Å². The van der Waals surface area contributed by atoms with Crippen LogP contribution in [-0.4, -0.2) is 48.0 Å². The summed E-state index contributed by atoms with van der Waals surface area (Å²) in [6.07, 6.45) is -0.451. The minimum absolute atomic E-state index is 0.118. The van der Waals surface area contributed by atoms with E-state index in [9.17, 15) is 14.4 Å². The highest BCUT2D eigenvalue weighted by Crippen LogP contribution is 2.21. The number of benzene rings is 1. The molecule has 0 aliphatic heterocycles. The van der Waals surface area contributed by atoms with E-state index >= 15 is 0 Å². The van der Waals surface area contributed by atoms with E-state index in [0.29, 0.717) is 16.7 Å². The van der Waals surface area contributed by atoms with E-state index in [4.69, 9.17) is 18.6 Å². The van der Waals surface area contributed by atoms with Crippen molar-refractivity contribution in [2.45, 2.75) is 45.8 Å². The first-order valence-electron chi connectivity index (χ1n) is 8.29. The molecule has 8 nitrogen and oxygen atoms in total. The molecule has 0 bridgehead atoms. The molecular weight excluding hydrogens is 342 g/mol. The standard InChI is InChI=1S/C18H23NO7/c1-6-15(20)24-18(3,4)10-23-17(22)19(5)11(2)16(21)12-7-8-13-14(9-12)26-25-13/h7-9,11H,6,10H2,1-5H3. The van der Waals surface area contributed by atoms with Gasteiger partial charge in [-0.1, -0.05) is 6.92 Å².